The summed E-state index contributed by atoms with van der Waals surface area (Å²) in [6, 6.07) is 1.07. The van der Waals surface area contributed by atoms with E-state index in [-0.39, 0.29) is 13.1 Å². The normalized spacial score (nSPS) is 28.5. The van der Waals surface area contributed by atoms with Crippen molar-refractivity contribution >= 4 is 26.4 Å². The van der Waals surface area contributed by atoms with E-state index >= 15 is 0 Å². The maximum absolute atomic E-state index is 5.00. The van der Waals surface area contributed by atoms with Gasteiger partial charge in [-0.2, -0.15) is 0 Å². The third kappa shape index (κ3) is 7.99. The van der Waals surface area contributed by atoms with Gasteiger partial charge in [-0.15, -0.1) is 6.04 Å². The third-order valence-electron chi connectivity index (χ3n) is 4.80. The van der Waals surface area contributed by atoms with Crippen molar-refractivity contribution in [2.45, 2.75) is 64.5 Å². The number of piperidine rings is 1. The minimum atomic E-state index is 0.194. The van der Waals surface area contributed by atoms with Gasteiger partial charge in [0.2, 0.25) is 0 Å². The summed E-state index contributed by atoms with van der Waals surface area (Å²) in [5, 5.41) is 5.00. The van der Waals surface area contributed by atoms with Crippen LogP contribution in [-0.2, 0) is 13.1 Å². The van der Waals surface area contributed by atoms with Crippen molar-refractivity contribution in [2.24, 2.45) is 10.9 Å². The Hall–Kier alpha value is 0.689. The molecule has 1 aliphatic carbocycles. The standard InChI is InChI=1S/C16H30N3.2ClH.Fe/c1-3-19(4-2)12-11-17-13-15-10-9-14-7-5-6-8-16(14)18-15;;;/h13-16H,3-12H2,1-2H3;2*1H;/q-1;;;+2/p-2. The fourth-order valence-electron chi connectivity index (χ4n) is 3.47. The van der Waals surface area contributed by atoms with Crippen LogP contribution >= 0.6 is 20.2 Å². The molecule has 1 aliphatic heterocycles. The molecule has 2 aliphatic rings. The second-order valence-corrected chi connectivity index (χ2v) is 7.86. The summed E-state index contributed by atoms with van der Waals surface area (Å²) in [5.74, 6) is 0.897. The molecule has 0 aromatic heterocycles. The van der Waals surface area contributed by atoms with Crippen LogP contribution in [0, 0.1) is 5.92 Å². The van der Waals surface area contributed by atoms with E-state index in [1.807, 2.05) is 0 Å². The summed E-state index contributed by atoms with van der Waals surface area (Å²) in [5.41, 5.74) is 0. The fraction of sp³-hybridized carbons (Fsp3) is 0.938. The average Bonchev–Trinajstić information content (AvgIpc) is 2.55. The van der Waals surface area contributed by atoms with Gasteiger partial charge in [-0.1, -0.05) is 64.3 Å². The predicted molar refractivity (Wildman–Crippen MR) is 95.0 cm³/mol. The molecule has 132 valence electrons. The van der Waals surface area contributed by atoms with Crippen LogP contribution in [0.3, 0.4) is 0 Å². The summed E-state index contributed by atoms with van der Waals surface area (Å²) in [6.07, 6.45) is 10.3. The Bertz CT molecular complexity index is 301. The third-order valence-corrected chi connectivity index (χ3v) is 4.80. The molecule has 3 nitrogen and oxygen atoms in total. The van der Waals surface area contributed by atoms with E-state index in [0.29, 0.717) is 12.1 Å². The molecule has 22 heavy (non-hydrogen) atoms. The van der Waals surface area contributed by atoms with Gasteiger partial charge in [-0.05, 0) is 19.3 Å². The van der Waals surface area contributed by atoms with Crippen LogP contribution in [0.1, 0.15) is 52.4 Å². The average molecular weight is 391 g/mol. The first-order valence-corrected chi connectivity index (χ1v) is 11.6. The van der Waals surface area contributed by atoms with Crippen molar-refractivity contribution in [3.05, 3.63) is 5.32 Å². The molecule has 0 N–H and O–H groups in total. The van der Waals surface area contributed by atoms with E-state index in [0.717, 1.165) is 32.1 Å². The van der Waals surface area contributed by atoms with Gasteiger partial charge >= 0.3 is 33.3 Å². The summed E-state index contributed by atoms with van der Waals surface area (Å²) in [4.78, 5) is 7.03. The molecule has 1 heterocycles. The van der Waals surface area contributed by atoms with Crippen molar-refractivity contribution in [3.8, 4) is 0 Å². The van der Waals surface area contributed by atoms with Crippen LogP contribution < -0.4 is 0 Å². The van der Waals surface area contributed by atoms with Crippen LogP contribution in [0.4, 0.5) is 0 Å². The van der Waals surface area contributed by atoms with Gasteiger partial charge in [0, 0.05) is 6.54 Å². The molecule has 0 radical (unpaired) electrons. The van der Waals surface area contributed by atoms with Gasteiger partial charge in [0.1, 0.15) is 0 Å². The molecular weight excluding hydrogens is 361 g/mol. The monoisotopic (exact) mass is 390 g/mol. The molecule has 3 atom stereocenters. The first kappa shape index (κ1) is 20.7. The summed E-state index contributed by atoms with van der Waals surface area (Å²) in [6.45, 7) is 8.71. The van der Waals surface area contributed by atoms with Crippen molar-refractivity contribution in [2.75, 3.05) is 26.2 Å². The Labute approximate surface area is 151 Å². The van der Waals surface area contributed by atoms with Gasteiger partial charge < -0.3 is 10.2 Å². The molecular formula is C16H30Cl2FeN3-. The number of rotatable bonds is 6. The molecule has 2 rings (SSSR count). The number of fused-ring (bicyclic) bond motifs is 1. The molecule has 1 saturated heterocycles. The summed E-state index contributed by atoms with van der Waals surface area (Å²) >= 11 is 0.194. The topological polar surface area (TPSA) is 29.7 Å². The Morgan fingerprint density at radius 2 is 1.82 bits per heavy atom. The van der Waals surface area contributed by atoms with Crippen molar-refractivity contribution in [1.29, 1.82) is 0 Å². The maximum atomic E-state index is 5.00. The Kier molecular flexibility index (Phi) is 12.3. The number of hydrogen-bond acceptors (Lipinski definition) is 2. The first-order chi connectivity index (χ1) is 10.7. The summed E-state index contributed by atoms with van der Waals surface area (Å²) in [7, 11) is 9.53. The zero-order chi connectivity index (χ0) is 16.2. The van der Waals surface area contributed by atoms with Crippen molar-refractivity contribution < 1.29 is 13.1 Å². The van der Waals surface area contributed by atoms with Crippen molar-refractivity contribution in [3.63, 3.8) is 0 Å². The van der Waals surface area contributed by atoms with E-state index in [9.17, 15) is 0 Å². The molecule has 0 amide bonds. The fourth-order valence-corrected chi connectivity index (χ4v) is 3.47. The molecule has 2 fully saturated rings. The van der Waals surface area contributed by atoms with Crippen LogP contribution in [0.2, 0.25) is 0 Å². The van der Waals surface area contributed by atoms with E-state index in [4.69, 9.17) is 25.5 Å². The second kappa shape index (κ2) is 13.0. The predicted octanol–water partition coefficient (Wildman–Crippen LogP) is 4.87. The second-order valence-electron chi connectivity index (χ2n) is 6.04. The molecule has 0 aromatic carbocycles. The van der Waals surface area contributed by atoms with Gasteiger partial charge in [0.15, 0.2) is 0 Å². The SMILES string of the molecule is CCN(CC)CCN=CC1CCC2CCCCC2[N-]1.[Cl][Fe][Cl]. The van der Waals surface area contributed by atoms with Gasteiger partial charge in [-0.3, -0.25) is 4.99 Å². The summed E-state index contributed by atoms with van der Waals surface area (Å²) < 4.78 is 0. The molecule has 3 unspecified atom stereocenters. The van der Waals surface area contributed by atoms with Gasteiger partial charge in [0.25, 0.3) is 0 Å². The minimum absolute atomic E-state index is 0.194. The van der Waals surface area contributed by atoms with E-state index in [2.05, 4.69) is 30.0 Å². The quantitative estimate of drug-likeness (QED) is 0.469. The first-order valence-electron chi connectivity index (χ1n) is 8.52. The molecule has 0 aromatic rings. The number of nitrogens with zero attached hydrogens (tertiary/aromatic N) is 3. The van der Waals surface area contributed by atoms with Crippen LogP contribution in [0.15, 0.2) is 4.99 Å². The van der Waals surface area contributed by atoms with Gasteiger partial charge in [-0.25, -0.2) is 0 Å². The Balaban J connectivity index is 0.000000745. The van der Waals surface area contributed by atoms with Gasteiger partial charge in [0.05, 0.1) is 6.54 Å². The zero-order valence-electron chi connectivity index (χ0n) is 13.8. The molecule has 0 spiro atoms. The van der Waals surface area contributed by atoms with E-state index in [1.165, 1.54) is 38.5 Å². The zero-order valence-corrected chi connectivity index (χ0v) is 16.4. The Morgan fingerprint density at radius 1 is 1.14 bits per heavy atom. The van der Waals surface area contributed by atoms with E-state index in [1.54, 1.807) is 0 Å². The molecule has 0 bridgehead atoms. The number of halogens is 2. The van der Waals surface area contributed by atoms with Crippen LogP contribution in [0.5, 0.6) is 0 Å². The number of aliphatic imine (C=N–C) groups is 1. The molecule has 1 saturated carbocycles. The van der Waals surface area contributed by atoms with E-state index < -0.39 is 0 Å². The number of hydrogen-bond donors (Lipinski definition) is 0. The van der Waals surface area contributed by atoms with Crippen LogP contribution in [0.25, 0.3) is 5.32 Å². The van der Waals surface area contributed by atoms with Crippen LogP contribution in [-0.4, -0.2) is 49.4 Å². The molecule has 6 heteroatoms. The Morgan fingerprint density at radius 3 is 2.50 bits per heavy atom. The van der Waals surface area contributed by atoms with Crippen molar-refractivity contribution in [1.82, 2.24) is 4.90 Å². The number of likely N-dealkylation sites (N-methyl/N-ethyl adjacent to an activating group) is 1.